The van der Waals surface area contributed by atoms with Crippen LogP contribution in [0, 0.1) is 0 Å². The van der Waals surface area contributed by atoms with E-state index in [1.165, 1.54) is 4.57 Å². The van der Waals surface area contributed by atoms with E-state index in [0.717, 1.165) is 4.47 Å². The maximum Gasteiger partial charge on any atom is 0.420 e. The van der Waals surface area contributed by atoms with Crippen LogP contribution < -0.4 is 5.76 Å². The molecule has 4 nitrogen and oxygen atoms in total. The molecule has 15 heavy (non-hydrogen) atoms. The summed E-state index contributed by atoms with van der Waals surface area (Å²) in [4.78, 5) is 11.5. The molecule has 0 amide bonds. The fraction of sp³-hybridized carbons (Fsp3) is 0.300. The van der Waals surface area contributed by atoms with E-state index in [-0.39, 0.29) is 6.54 Å². The molecule has 1 aromatic heterocycles. The fourth-order valence-corrected chi connectivity index (χ4v) is 1.82. The van der Waals surface area contributed by atoms with Crippen molar-refractivity contribution in [2.24, 2.45) is 0 Å². The van der Waals surface area contributed by atoms with Crippen LogP contribution in [0.15, 0.2) is 31.9 Å². The summed E-state index contributed by atoms with van der Waals surface area (Å²) in [6, 6.07) is 5.32. The molecule has 1 N–H and O–H groups in total. The highest BCUT2D eigenvalue weighted by atomic mass is 79.9. The number of aromatic nitrogens is 1. The van der Waals surface area contributed by atoms with Crippen LogP contribution in [0.2, 0.25) is 0 Å². The molecule has 1 aromatic carbocycles. The van der Waals surface area contributed by atoms with Crippen molar-refractivity contribution in [2.45, 2.75) is 19.6 Å². The van der Waals surface area contributed by atoms with Gasteiger partial charge in [0.1, 0.15) is 0 Å². The molecule has 0 spiro atoms. The van der Waals surface area contributed by atoms with Crippen LogP contribution in [0.25, 0.3) is 11.1 Å². The second-order valence-corrected chi connectivity index (χ2v) is 4.36. The maximum atomic E-state index is 11.5. The number of hydrogen-bond acceptors (Lipinski definition) is 3. The first-order chi connectivity index (χ1) is 7.08. The smallest absolute Gasteiger partial charge is 0.408 e. The molecule has 0 saturated carbocycles. The molecule has 0 bridgehead atoms. The van der Waals surface area contributed by atoms with Gasteiger partial charge in [-0.2, -0.15) is 0 Å². The van der Waals surface area contributed by atoms with E-state index in [1.54, 1.807) is 25.1 Å². The zero-order valence-electron chi connectivity index (χ0n) is 8.11. The molecule has 0 fully saturated rings. The van der Waals surface area contributed by atoms with Crippen LogP contribution in [-0.4, -0.2) is 15.8 Å². The van der Waals surface area contributed by atoms with Gasteiger partial charge in [0.2, 0.25) is 0 Å². The van der Waals surface area contributed by atoms with Crippen LogP contribution in [0.3, 0.4) is 0 Å². The summed E-state index contributed by atoms with van der Waals surface area (Å²) in [7, 11) is 0. The molecule has 0 aliphatic heterocycles. The van der Waals surface area contributed by atoms with Gasteiger partial charge in [0, 0.05) is 4.47 Å². The minimum atomic E-state index is -0.581. The third kappa shape index (κ3) is 1.98. The molecule has 0 saturated heterocycles. The summed E-state index contributed by atoms with van der Waals surface area (Å²) in [6.07, 6.45) is -0.581. The van der Waals surface area contributed by atoms with E-state index in [9.17, 15) is 9.90 Å². The molecule has 1 atom stereocenters. The summed E-state index contributed by atoms with van der Waals surface area (Å²) in [5, 5.41) is 9.26. The van der Waals surface area contributed by atoms with Crippen molar-refractivity contribution in [3.8, 4) is 0 Å². The molecule has 2 rings (SSSR count). The maximum absolute atomic E-state index is 11.5. The highest BCUT2D eigenvalue weighted by Crippen LogP contribution is 2.18. The van der Waals surface area contributed by atoms with Crippen molar-refractivity contribution in [1.82, 2.24) is 4.57 Å². The third-order valence-electron chi connectivity index (χ3n) is 2.08. The van der Waals surface area contributed by atoms with Gasteiger partial charge in [0.25, 0.3) is 0 Å². The van der Waals surface area contributed by atoms with E-state index in [1.807, 2.05) is 0 Å². The van der Waals surface area contributed by atoms with Gasteiger partial charge in [-0.3, -0.25) is 4.57 Å². The monoisotopic (exact) mass is 271 g/mol. The summed E-state index contributed by atoms with van der Waals surface area (Å²) < 4.78 is 7.32. The topological polar surface area (TPSA) is 55.4 Å². The van der Waals surface area contributed by atoms with Crippen molar-refractivity contribution in [3.63, 3.8) is 0 Å². The lowest BCUT2D eigenvalue weighted by Crippen LogP contribution is -2.21. The molecule has 0 aliphatic rings. The molecule has 5 heteroatoms. The SMILES string of the molecule is C[C@H](O)Cn1c(=O)oc2ccc(Br)cc21. The Kier molecular flexibility index (Phi) is 2.67. The van der Waals surface area contributed by atoms with Crippen molar-refractivity contribution in [1.29, 1.82) is 0 Å². The van der Waals surface area contributed by atoms with Gasteiger partial charge >= 0.3 is 5.76 Å². The average molecular weight is 272 g/mol. The summed E-state index contributed by atoms with van der Waals surface area (Å²) in [5.41, 5.74) is 1.22. The van der Waals surface area contributed by atoms with Crippen LogP contribution in [-0.2, 0) is 6.54 Å². The van der Waals surface area contributed by atoms with E-state index in [2.05, 4.69) is 15.9 Å². The Bertz CT molecular complexity index is 541. The van der Waals surface area contributed by atoms with Gasteiger partial charge in [-0.25, -0.2) is 4.79 Å². The number of halogens is 1. The predicted octanol–water partition coefficient (Wildman–Crippen LogP) is 1.74. The first-order valence-corrected chi connectivity index (χ1v) is 5.34. The number of nitrogens with zero attached hydrogens (tertiary/aromatic N) is 1. The number of fused-ring (bicyclic) bond motifs is 1. The van der Waals surface area contributed by atoms with Crippen LogP contribution >= 0.6 is 15.9 Å². The molecule has 0 aliphatic carbocycles. The lowest BCUT2D eigenvalue weighted by atomic mass is 10.3. The average Bonchev–Trinajstić information content (AvgIpc) is 2.43. The van der Waals surface area contributed by atoms with Crippen molar-refractivity contribution < 1.29 is 9.52 Å². The zero-order chi connectivity index (χ0) is 11.0. The second-order valence-electron chi connectivity index (χ2n) is 3.44. The molecule has 2 aromatic rings. The van der Waals surface area contributed by atoms with E-state index >= 15 is 0 Å². The molecule has 0 unspecified atom stereocenters. The van der Waals surface area contributed by atoms with E-state index in [4.69, 9.17) is 4.42 Å². The number of oxazole rings is 1. The number of rotatable bonds is 2. The Balaban J connectivity index is 2.65. The van der Waals surface area contributed by atoms with Gasteiger partial charge < -0.3 is 9.52 Å². The van der Waals surface area contributed by atoms with E-state index in [0.29, 0.717) is 11.1 Å². The normalized spacial score (nSPS) is 13.3. The number of aliphatic hydroxyl groups is 1. The Morgan fingerprint density at radius 2 is 2.33 bits per heavy atom. The molecule has 1 heterocycles. The van der Waals surface area contributed by atoms with Crippen molar-refractivity contribution in [3.05, 3.63) is 33.2 Å². The predicted molar refractivity (Wildman–Crippen MR) is 59.9 cm³/mol. The highest BCUT2D eigenvalue weighted by Gasteiger charge is 2.10. The van der Waals surface area contributed by atoms with Gasteiger partial charge in [-0.05, 0) is 25.1 Å². The number of hydrogen-bond donors (Lipinski definition) is 1. The minimum absolute atomic E-state index is 0.238. The Morgan fingerprint density at radius 1 is 1.60 bits per heavy atom. The molecule has 80 valence electrons. The first kappa shape index (κ1) is 10.4. The van der Waals surface area contributed by atoms with Gasteiger partial charge in [0.05, 0.1) is 18.2 Å². The quantitative estimate of drug-likeness (QED) is 0.905. The van der Waals surface area contributed by atoms with Crippen LogP contribution in [0.5, 0.6) is 0 Å². The first-order valence-electron chi connectivity index (χ1n) is 4.55. The Hall–Kier alpha value is -1.07. The van der Waals surface area contributed by atoms with Crippen molar-refractivity contribution in [2.75, 3.05) is 0 Å². The van der Waals surface area contributed by atoms with Crippen LogP contribution in [0.1, 0.15) is 6.92 Å². The number of benzene rings is 1. The third-order valence-corrected chi connectivity index (χ3v) is 2.57. The highest BCUT2D eigenvalue weighted by molar-refractivity contribution is 9.10. The molecule has 0 radical (unpaired) electrons. The minimum Gasteiger partial charge on any atom is -0.408 e. The largest absolute Gasteiger partial charge is 0.420 e. The zero-order valence-corrected chi connectivity index (χ0v) is 9.69. The van der Waals surface area contributed by atoms with Crippen LogP contribution in [0.4, 0.5) is 0 Å². The van der Waals surface area contributed by atoms with E-state index < -0.39 is 11.9 Å². The fourth-order valence-electron chi connectivity index (χ4n) is 1.47. The van der Waals surface area contributed by atoms with Crippen molar-refractivity contribution >= 4 is 27.0 Å². The second kappa shape index (κ2) is 3.83. The molecular weight excluding hydrogens is 262 g/mol. The van der Waals surface area contributed by atoms with Gasteiger partial charge in [-0.1, -0.05) is 15.9 Å². The summed E-state index contributed by atoms with van der Waals surface area (Å²) >= 11 is 3.32. The summed E-state index contributed by atoms with van der Waals surface area (Å²) in [5.74, 6) is -0.441. The summed E-state index contributed by atoms with van der Waals surface area (Å²) in [6.45, 7) is 1.87. The Labute approximate surface area is 94.3 Å². The lowest BCUT2D eigenvalue weighted by Gasteiger charge is -2.04. The Morgan fingerprint density at radius 3 is 3.00 bits per heavy atom. The van der Waals surface area contributed by atoms with Gasteiger partial charge in [-0.15, -0.1) is 0 Å². The lowest BCUT2D eigenvalue weighted by molar-refractivity contribution is 0.171. The van der Waals surface area contributed by atoms with Gasteiger partial charge in [0.15, 0.2) is 5.58 Å². The standard InChI is InChI=1S/C10H10BrNO3/c1-6(13)5-12-8-4-7(11)2-3-9(8)15-10(12)14/h2-4,6,13H,5H2,1H3/t6-/m0/s1. The number of aliphatic hydroxyl groups excluding tert-OH is 1. The molecular formula is C10H10BrNO3.